The summed E-state index contributed by atoms with van der Waals surface area (Å²) >= 11 is 0. The first-order chi connectivity index (χ1) is 68.8. The van der Waals surface area contributed by atoms with Crippen molar-refractivity contribution in [3.63, 3.8) is 0 Å². The van der Waals surface area contributed by atoms with Crippen LogP contribution >= 0.6 is 7.82 Å². The molecule has 0 fully saturated rings. The van der Waals surface area contributed by atoms with Crippen LogP contribution in [0, 0.1) is 0 Å². The largest absolute Gasteiger partial charge is 0.870 e. The Morgan fingerprint density at radius 1 is 0.173 bits per heavy atom. The van der Waals surface area contributed by atoms with Crippen molar-refractivity contribution in [1.29, 1.82) is 0 Å². The average molecular weight is 2120 g/mol. The molecule has 790 valence electrons. The maximum Gasteiger partial charge on any atom is 0.199 e. The smallest absolute Gasteiger partial charge is 0.199 e. The molecular formula is C125H156MoN15O8P. The Kier molecular flexibility index (Phi) is 49.4. The van der Waals surface area contributed by atoms with Crippen molar-refractivity contribution in [3.05, 3.63) is 448 Å². The number of rotatable bonds is 20. The normalized spacial score (nSPS) is 12.5. The summed E-state index contributed by atoms with van der Waals surface area (Å²) in [7, 11) is 56.7. The zero-order valence-electron chi connectivity index (χ0n) is 93.2. The van der Waals surface area contributed by atoms with E-state index in [1.54, 1.807) is 0 Å². The van der Waals surface area contributed by atoms with Gasteiger partial charge in [-0.25, -0.2) is 22.9 Å². The predicted octanol–water partition coefficient (Wildman–Crippen LogP) is 17.5. The van der Waals surface area contributed by atoms with E-state index in [0.29, 0.717) is 0 Å². The number of hydrogen-bond acceptors (Lipinski definition) is 16. The first-order valence-electron chi connectivity index (χ1n) is 48.6. The van der Waals surface area contributed by atoms with Gasteiger partial charge in [0.2, 0.25) is 0 Å². The molecule has 150 heavy (non-hydrogen) atoms. The summed E-state index contributed by atoms with van der Waals surface area (Å²) < 4.78 is 19.2. The van der Waals surface area contributed by atoms with Gasteiger partial charge >= 0.3 is 0 Å². The van der Waals surface area contributed by atoms with E-state index in [2.05, 4.69) is 647 Å². The van der Waals surface area contributed by atoms with Crippen LogP contribution in [0.25, 0.3) is 27.9 Å². The number of phosphoric acid groups is 1. The van der Waals surface area contributed by atoms with Gasteiger partial charge in [0.25, 0.3) is 0 Å². The van der Waals surface area contributed by atoms with E-state index >= 15 is 0 Å². The number of anilines is 10. The molecule has 5 aliphatic carbocycles. The van der Waals surface area contributed by atoms with Crippen molar-refractivity contribution >= 4 is 121 Å². The van der Waals surface area contributed by atoms with Crippen LogP contribution in [0.1, 0.15) is 55.6 Å². The van der Waals surface area contributed by atoms with Crippen molar-refractivity contribution in [2.75, 3.05) is 260 Å². The molecule has 10 aromatic carbocycles. The van der Waals surface area contributed by atoms with E-state index in [0.717, 1.165) is 0 Å². The maximum atomic E-state index is 8.55. The summed E-state index contributed by atoms with van der Waals surface area (Å²) in [6.07, 6.45) is 43.9. The standard InChI is InChI=1S/5C25H30N3.Mo.H3O4P.4H2O/c5*1-26(2)22-13-7-19(8-14-22)25(20-9-15-23(16-10-20)27(3)4)21-11-17-24(18-12-21)28(5)6;;1-5(2,3)4;;;;/h5*7-18H,1-6H3;;(H3,1,2,3,4);4*1H2/q5*+1;;;;;;/p-5. The van der Waals surface area contributed by atoms with Crippen molar-refractivity contribution in [2.45, 2.75) is 0 Å². The quantitative estimate of drug-likeness (QED) is 0.0390. The van der Waals surface area contributed by atoms with Gasteiger partial charge in [-0.15, -0.1) is 0 Å². The molecule has 0 atom stereocenters. The third-order valence-corrected chi connectivity index (χ3v) is 25.1. The Bertz CT molecular complexity index is 5580. The van der Waals surface area contributed by atoms with Crippen LogP contribution in [0.3, 0.4) is 0 Å². The fourth-order valence-electron chi connectivity index (χ4n) is 16.4. The van der Waals surface area contributed by atoms with Gasteiger partial charge in [-0.05, 0) is 293 Å². The molecule has 0 bridgehead atoms. The minimum absolute atomic E-state index is 0. The van der Waals surface area contributed by atoms with Crippen LogP contribution in [0.4, 0.5) is 56.9 Å². The summed E-state index contributed by atoms with van der Waals surface area (Å²) in [5, 5.41) is 0. The fourth-order valence-corrected chi connectivity index (χ4v) is 16.4. The van der Waals surface area contributed by atoms with Gasteiger partial charge in [-0.2, -0.15) is 7.82 Å². The molecule has 0 amide bonds. The van der Waals surface area contributed by atoms with E-state index in [1.807, 2.05) is 0 Å². The van der Waals surface area contributed by atoms with Gasteiger partial charge in [0.05, 0.1) is 0 Å². The fraction of sp³-hybridized carbons (Fsp3) is 0.240. The molecule has 5 aliphatic rings. The molecule has 0 aromatic heterocycles. The second-order valence-corrected chi connectivity index (χ2v) is 39.8. The molecular weight excluding hydrogens is 1970 g/mol. The van der Waals surface area contributed by atoms with Crippen molar-refractivity contribution < 1.29 is 85.1 Å². The molecule has 0 unspecified atom stereocenters. The number of hydrogen-bond donors (Lipinski definition) is 0. The van der Waals surface area contributed by atoms with Crippen LogP contribution in [0.15, 0.2) is 392 Å². The van der Waals surface area contributed by atoms with Crippen LogP contribution in [0.2, 0.25) is 0 Å². The Morgan fingerprint density at radius 3 is 0.307 bits per heavy atom. The van der Waals surface area contributed by atoms with E-state index in [4.69, 9.17) is 19.2 Å². The van der Waals surface area contributed by atoms with E-state index in [9.17, 15) is 0 Å². The van der Waals surface area contributed by atoms with Crippen LogP contribution in [0.5, 0.6) is 0 Å². The monoisotopic (exact) mass is 2120 g/mol. The Morgan fingerprint density at radius 2 is 0.247 bits per heavy atom. The van der Waals surface area contributed by atoms with Gasteiger partial charge in [0.1, 0.15) is 70.5 Å². The average Bonchev–Trinajstić information content (AvgIpc) is 0.815. The topological polar surface area (TPSA) is 257 Å². The van der Waals surface area contributed by atoms with Gasteiger partial charge in [-0.3, -0.25) is 0 Å². The summed E-state index contributed by atoms with van der Waals surface area (Å²) in [5.74, 6) is 0. The molecule has 0 spiro atoms. The number of benzene rings is 10. The number of allylic oxidation sites excluding steroid dienone is 25. The zero-order chi connectivity index (χ0) is 106. The molecule has 6 N–H and O–H groups in total. The minimum atomic E-state index is -5.39. The van der Waals surface area contributed by atoms with Crippen LogP contribution < -0.4 is 63.7 Å². The van der Waals surface area contributed by atoms with Crippen LogP contribution in [-0.4, -0.2) is 285 Å². The molecule has 23 nitrogen and oxygen atoms in total. The minimum Gasteiger partial charge on any atom is -0.870 e. The van der Waals surface area contributed by atoms with Crippen molar-refractivity contribution in [1.82, 2.24) is 0 Å². The van der Waals surface area contributed by atoms with Crippen molar-refractivity contribution in [3.8, 4) is 0 Å². The molecule has 0 saturated carbocycles. The molecule has 0 aliphatic heterocycles. The van der Waals surface area contributed by atoms with E-state index in [-0.39, 0.29) is 43.0 Å². The van der Waals surface area contributed by atoms with E-state index < -0.39 is 7.82 Å². The Labute approximate surface area is 908 Å². The molecule has 10 aromatic rings. The van der Waals surface area contributed by atoms with E-state index in [1.165, 1.54) is 197 Å². The second kappa shape index (κ2) is 58.9. The number of nitrogens with zero attached hydrogens (tertiary/aromatic N) is 15. The third-order valence-electron chi connectivity index (χ3n) is 25.1. The van der Waals surface area contributed by atoms with Gasteiger partial charge < -0.3 is 90.1 Å². The first kappa shape index (κ1) is 126. The second-order valence-electron chi connectivity index (χ2n) is 38.9. The summed E-state index contributed by atoms with van der Waals surface area (Å²) in [6.45, 7) is 0. The summed E-state index contributed by atoms with van der Waals surface area (Å²) in [4.78, 5) is 46.9. The zero-order valence-corrected chi connectivity index (χ0v) is 96.1. The molecule has 0 heterocycles. The predicted molar refractivity (Wildman–Crippen MR) is 633 cm³/mol. The maximum absolute atomic E-state index is 8.55. The van der Waals surface area contributed by atoms with Gasteiger partial charge in [-0.1, -0.05) is 121 Å². The Balaban J connectivity index is 0.000000323. The SMILES string of the molecule is CN(C)c1ccc(C(=C2C=CC(=[N+](C)C)C=C2)c2ccc(N(C)C)cc2)cc1.CN(C)c1ccc(C(=C2C=CC(=[N+](C)C)C=C2)c2ccc(N(C)C)cc2)cc1.CN(C)c1ccc(C(=C2C=CC(=[N+](C)C)C=C2)c2ccc(N(C)C)cc2)cc1.CN(C)c1ccc(C(=C2C=CC(=[N+](C)C)C=C2)c2ccc(N(C)C)cc2)cc1.CN(C)c1ccc(C(=C2C=CC(=[N+](C)C)C=C2)c2ccc(N(C)C)cc2)cc1.O.O.O=P([O-])([O-])[O-].[Mo].[OH-].[OH-]. The third kappa shape index (κ3) is 35.8. The van der Waals surface area contributed by atoms with Gasteiger partial charge in [0, 0.05) is 280 Å². The molecule has 0 radical (unpaired) electrons. The summed E-state index contributed by atoms with van der Waals surface area (Å²) in [6, 6.07) is 87.8. The van der Waals surface area contributed by atoms with Gasteiger partial charge in [0.15, 0.2) is 28.6 Å². The molecule has 0 saturated heterocycles. The Hall–Kier alpha value is -14.7. The molecule has 15 rings (SSSR count). The first-order valence-corrected chi connectivity index (χ1v) is 50.0. The van der Waals surface area contributed by atoms with Crippen LogP contribution in [-0.2, 0) is 25.6 Å². The van der Waals surface area contributed by atoms with Crippen molar-refractivity contribution in [2.24, 2.45) is 0 Å². The molecule has 25 heteroatoms. The summed E-state index contributed by atoms with van der Waals surface area (Å²) in [5.41, 5.74) is 42.6.